The molecule has 0 bridgehead atoms. The number of carboxylic acid groups (broad SMARTS) is 1. The van der Waals surface area contributed by atoms with E-state index in [1.165, 1.54) is 0 Å². The molecule has 0 aliphatic rings. The summed E-state index contributed by atoms with van der Waals surface area (Å²) in [6.07, 6.45) is -0.169. The second-order valence-electron chi connectivity index (χ2n) is 4.71. The van der Waals surface area contributed by atoms with Gasteiger partial charge in [-0.25, -0.2) is 9.59 Å². The minimum Gasteiger partial charge on any atom is -0.479 e. The van der Waals surface area contributed by atoms with Crippen LogP contribution in [0.1, 0.15) is 5.56 Å². The van der Waals surface area contributed by atoms with Gasteiger partial charge in [0.1, 0.15) is 11.5 Å². The number of carbonyl (C=O) groups is 2. The fourth-order valence-corrected chi connectivity index (χ4v) is 1.88. The molecule has 2 N–H and O–H groups in total. The number of rotatable bonds is 7. The normalized spacial score (nSPS) is 9.91. The molecule has 2 aromatic rings. The maximum Gasteiger partial charge on any atom is 0.407 e. The largest absolute Gasteiger partial charge is 0.479 e. The van der Waals surface area contributed by atoms with Gasteiger partial charge in [-0.15, -0.1) is 0 Å². The zero-order valence-corrected chi connectivity index (χ0v) is 12.4. The average Bonchev–Trinajstić information content (AvgIpc) is 2.54. The smallest absolute Gasteiger partial charge is 0.407 e. The molecular weight excluding hydrogens is 298 g/mol. The Morgan fingerprint density at radius 3 is 2.48 bits per heavy atom. The zero-order chi connectivity index (χ0) is 16.5. The number of para-hydroxylation sites is 1. The van der Waals surface area contributed by atoms with E-state index in [0.29, 0.717) is 18.7 Å². The molecule has 0 radical (unpaired) electrons. The van der Waals surface area contributed by atoms with E-state index in [2.05, 4.69) is 10.1 Å². The Balaban J connectivity index is 1.81. The predicted molar refractivity (Wildman–Crippen MR) is 83.6 cm³/mol. The Morgan fingerprint density at radius 1 is 1.00 bits per heavy atom. The third-order valence-corrected chi connectivity index (χ3v) is 2.89. The first-order valence-corrected chi connectivity index (χ1v) is 7.08. The molecule has 0 saturated heterocycles. The summed E-state index contributed by atoms with van der Waals surface area (Å²) >= 11 is 0. The van der Waals surface area contributed by atoms with Gasteiger partial charge in [0.05, 0.1) is 0 Å². The summed E-state index contributed by atoms with van der Waals surface area (Å²) in [6, 6.07) is 17.0. The Hall–Kier alpha value is -3.02. The van der Waals surface area contributed by atoms with Crippen LogP contribution in [0.25, 0.3) is 0 Å². The Labute approximate surface area is 133 Å². The molecule has 0 aromatic heterocycles. The third-order valence-electron chi connectivity index (χ3n) is 2.89. The van der Waals surface area contributed by atoms with Gasteiger partial charge in [0, 0.05) is 6.54 Å². The quantitative estimate of drug-likeness (QED) is 0.820. The molecule has 0 unspecified atom stereocenters. The van der Waals surface area contributed by atoms with Crippen molar-refractivity contribution in [1.82, 2.24) is 5.32 Å². The molecule has 0 aliphatic heterocycles. The summed E-state index contributed by atoms with van der Waals surface area (Å²) < 4.78 is 10.2. The molecular formula is C17H17NO5. The maximum atomic E-state index is 11.2. The highest BCUT2D eigenvalue weighted by Crippen LogP contribution is 2.21. The van der Waals surface area contributed by atoms with Crippen LogP contribution < -0.4 is 10.1 Å². The number of hydrogen-bond donors (Lipinski definition) is 2. The van der Waals surface area contributed by atoms with Crippen LogP contribution in [-0.4, -0.2) is 30.3 Å². The molecule has 0 fully saturated rings. The van der Waals surface area contributed by atoms with Crippen LogP contribution in [0, 0.1) is 0 Å². The van der Waals surface area contributed by atoms with Gasteiger partial charge >= 0.3 is 12.1 Å². The highest BCUT2D eigenvalue weighted by atomic mass is 16.6. The summed E-state index contributed by atoms with van der Waals surface area (Å²) in [5, 5.41) is 10.9. The Bertz CT molecular complexity index is 657. The molecule has 0 saturated carbocycles. The van der Waals surface area contributed by atoms with Crippen LogP contribution in [0.15, 0.2) is 54.6 Å². The monoisotopic (exact) mass is 315 g/mol. The van der Waals surface area contributed by atoms with E-state index < -0.39 is 18.7 Å². The van der Waals surface area contributed by atoms with Gasteiger partial charge in [-0.2, -0.15) is 0 Å². The van der Waals surface area contributed by atoms with Crippen LogP contribution in [0.3, 0.4) is 0 Å². The van der Waals surface area contributed by atoms with E-state index in [1.54, 1.807) is 0 Å². The standard InChI is InChI=1S/C17H17NO5/c19-16(20)12-22-17(21)18-10-9-13-5-4-8-15(11-13)23-14-6-2-1-3-7-14/h1-8,11H,9-10,12H2,(H,18,21)(H,19,20). The first-order chi connectivity index (χ1) is 11.1. The van der Waals surface area contributed by atoms with E-state index in [0.717, 1.165) is 11.3 Å². The molecule has 0 aliphatic carbocycles. The molecule has 2 aromatic carbocycles. The van der Waals surface area contributed by atoms with Crippen molar-refractivity contribution in [3.8, 4) is 11.5 Å². The number of amides is 1. The molecule has 23 heavy (non-hydrogen) atoms. The molecule has 0 spiro atoms. The third kappa shape index (κ3) is 6.09. The average molecular weight is 315 g/mol. The van der Waals surface area contributed by atoms with Gasteiger partial charge in [0.2, 0.25) is 0 Å². The van der Waals surface area contributed by atoms with Crippen molar-refractivity contribution in [3.63, 3.8) is 0 Å². The lowest BCUT2D eigenvalue weighted by molar-refractivity contribution is -0.140. The number of aliphatic carboxylic acids is 1. The van der Waals surface area contributed by atoms with Gasteiger partial charge in [0.25, 0.3) is 0 Å². The maximum absolute atomic E-state index is 11.2. The number of hydrogen-bond acceptors (Lipinski definition) is 4. The second-order valence-corrected chi connectivity index (χ2v) is 4.71. The van der Waals surface area contributed by atoms with Crippen LogP contribution in [0.4, 0.5) is 4.79 Å². The van der Waals surface area contributed by atoms with Crippen molar-refractivity contribution in [3.05, 3.63) is 60.2 Å². The van der Waals surface area contributed by atoms with E-state index in [9.17, 15) is 9.59 Å². The van der Waals surface area contributed by atoms with Crippen molar-refractivity contribution in [2.24, 2.45) is 0 Å². The highest BCUT2D eigenvalue weighted by Gasteiger charge is 2.05. The molecule has 0 atom stereocenters. The number of nitrogens with one attached hydrogen (secondary N) is 1. The van der Waals surface area contributed by atoms with E-state index in [-0.39, 0.29) is 0 Å². The van der Waals surface area contributed by atoms with E-state index in [4.69, 9.17) is 9.84 Å². The fourth-order valence-electron chi connectivity index (χ4n) is 1.88. The first kappa shape index (κ1) is 16.4. The molecule has 120 valence electrons. The van der Waals surface area contributed by atoms with Gasteiger partial charge in [-0.3, -0.25) is 0 Å². The summed E-state index contributed by atoms with van der Waals surface area (Å²) in [5.41, 5.74) is 0.983. The summed E-state index contributed by atoms with van der Waals surface area (Å²) in [7, 11) is 0. The fraction of sp³-hybridized carbons (Fsp3) is 0.176. The van der Waals surface area contributed by atoms with E-state index >= 15 is 0 Å². The lowest BCUT2D eigenvalue weighted by atomic mass is 10.1. The topological polar surface area (TPSA) is 84.9 Å². The molecule has 1 amide bonds. The predicted octanol–water partition coefficient (Wildman–Crippen LogP) is 2.83. The van der Waals surface area contributed by atoms with Crippen molar-refractivity contribution in [2.75, 3.05) is 13.2 Å². The summed E-state index contributed by atoms with van der Waals surface area (Å²) in [5.74, 6) is 0.271. The van der Waals surface area contributed by atoms with Crippen LogP contribution in [0.2, 0.25) is 0 Å². The summed E-state index contributed by atoms with van der Waals surface area (Å²) in [6.45, 7) is -0.306. The molecule has 0 heterocycles. The van der Waals surface area contributed by atoms with Crippen LogP contribution in [0.5, 0.6) is 11.5 Å². The SMILES string of the molecule is O=C(O)COC(=O)NCCc1cccc(Oc2ccccc2)c1. The van der Waals surface area contributed by atoms with Gasteiger partial charge in [-0.05, 0) is 36.2 Å². The second kappa shape index (κ2) is 8.43. The van der Waals surface area contributed by atoms with Crippen molar-refractivity contribution < 1.29 is 24.2 Å². The van der Waals surface area contributed by atoms with Gasteiger partial charge in [0.15, 0.2) is 6.61 Å². The minimum absolute atomic E-state index is 0.341. The molecule has 6 heteroatoms. The lowest BCUT2D eigenvalue weighted by Crippen LogP contribution is -2.28. The lowest BCUT2D eigenvalue weighted by Gasteiger charge is -2.08. The van der Waals surface area contributed by atoms with Gasteiger partial charge in [-0.1, -0.05) is 30.3 Å². The number of carbonyl (C=O) groups excluding carboxylic acids is 1. The molecule has 6 nitrogen and oxygen atoms in total. The minimum atomic E-state index is -1.19. The Morgan fingerprint density at radius 2 is 1.74 bits per heavy atom. The van der Waals surface area contributed by atoms with E-state index in [1.807, 2.05) is 54.6 Å². The van der Waals surface area contributed by atoms with Crippen molar-refractivity contribution in [1.29, 1.82) is 0 Å². The Kier molecular flexibility index (Phi) is 5.99. The first-order valence-electron chi connectivity index (χ1n) is 7.08. The highest BCUT2D eigenvalue weighted by molar-refractivity contribution is 5.74. The number of benzene rings is 2. The van der Waals surface area contributed by atoms with Crippen molar-refractivity contribution >= 4 is 12.1 Å². The number of alkyl carbamates (subject to hydrolysis) is 1. The molecule has 2 rings (SSSR count). The number of carboxylic acids is 1. The summed E-state index contributed by atoms with van der Waals surface area (Å²) in [4.78, 5) is 21.5. The van der Waals surface area contributed by atoms with Crippen LogP contribution in [-0.2, 0) is 16.0 Å². The van der Waals surface area contributed by atoms with Gasteiger partial charge < -0.3 is 19.9 Å². The van der Waals surface area contributed by atoms with Crippen LogP contribution >= 0.6 is 0 Å². The zero-order valence-electron chi connectivity index (χ0n) is 12.4. The van der Waals surface area contributed by atoms with Crippen molar-refractivity contribution in [2.45, 2.75) is 6.42 Å². The number of ether oxygens (including phenoxy) is 2.